The Balaban J connectivity index is 2.02. The Labute approximate surface area is 136 Å². The van der Waals surface area contributed by atoms with Gasteiger partial charge in [0.1, 0.15) is 5.82 Å². The van der Waals surface area contributed by atoms with Gasteiger partial charge in [-0.25, -0.2) is 4.39 Å². The normalized spacial score (nSPS) is 17.0. The molecule has 1 saturated heterocycles. The molecule has 126 valence electrons. The monoisotopic (exact) mass is 321 g/mol. The number of ketones is 1. The molecule has 1 aromatic rings. The number of anilines is 1. The van der Waals surface area contributed by atoms with Crippen molar-refractivity contribution in [1.29, 1.82) is 0 Å². The van der Waals surface area contributed by atoms with Crippen molar-refractivity contribution in [3.63, 3.8) is 0 Å². The molecule has 6 heteroatoms. The summed E-state index contributed by atoms with van der Waals surface area (Å²) in [6.07, 6.45) is 0. The highest BCUT2D eigenvalue weighted by molar-refractivity contribution is 5.94. The molecule has 0 radical (unpaired) electrons. The number of rotatable bonds is 4. The topological polar surface area (TPSA) is 43.9 Å². The van der Waals surface area contributed by atoms with Crippen molar-refractivity contribution in [3.05, 3.63) is 29.6 Å². The first-order chi connectivity index (χ1) is 10.8. The minimum atomic E-state index is -0.372. The molecule has 1 fully saturated rings. The van der Waals surface area contributed by atoms with Crippen molar-refractivity contribution in [2.24, 2.45) is 0 Å². The van der Waals surface area contributed by atoms with Gasteiger partial charge in [0.15, 0.2) is 5.78 Å². The van der Waals surface area contributed by atoms with E-state index >= 15 is 0 Å². The fourth-order valence-electron chi connectivity index (χ4n) is 2.86. The Morgan fingerprint density at radius 2 is 1.78 bits per heavy atom. The van der Waals surface area contributed by atoms with Crippen LogP contribution in [0.3, 0.4) is 0 Å². The molecule has 5 nitrogen and oxygen atoms in total. The lowest BCUT2D eigenvalue weighted by molar-refractivity contribution is -0.133. The molecule has 1 heterocycles. The van der Waals surface area contributed by atoms with Gasteiger partial charge in [0.2, 0.25) is 5.91 Å². The predicted molar refractivity (Wildman–Crippen MR) is 88.3 cm³/mol. The van der Waals surface area contributed by atoms with Gasteiger partial charge in [-0.15, -0.1) is 0 Å². The SMILES string of the molecule is CC(=O)c1ccc(N2CCN(C(C)C(=O)N(C)C)CC2)c(F)c1. The number of carbonyl (C=O) groups excluding carboxylic acids is 2. The van der Waals surface area contributed by atoms with Crippen LogP contribution in [0.5, 0.6) is 0 Å². The number of hydrogen-bond acceptors (Lipinski definition) is 4. The third-order valence-electron chi connectivity index (χ3n) is 4.36. The van der Waals surface area contributed by atoms with Gasteiger partial charge in [0.05, 0.1) is 11.7 Å². The molecule has 0 aliphatic carbocycles. The Morgan fingerprint density at radius 3 is 2.26 bits per heavy atom. The van der Waals surface area contributed by atoms with Crippen molar-refractivity contribution in [2.75, 3.05) is 45.2 Å². The molecule has 0 saturated carbocycles. The highest BCUT2D eigenvalue weighted by Crippen LogP contribution is 2.23. The number of piperazine rings is 1. The van der Waals surface area contributed by atoms with Crippen LogP contribution in [-0.2, 0) is 4.79 Å². The number of carbonyl (C=O) groups is 2. The molecule has 1 aliphatic rings. The first kappa shape index (κ1) is 17.4. The van der Waals surface area contributed by atoms with E-state index in [0.29, 0.717) is 37.4 Å². The van der Waals surface area contributed by atoms with Gasteiger partial charge >= 0.3 is 0 Å². The zero-order valence-electron chi connectivity index (χ0n) is 14.2. The Hall–Kier alpha value is -1.95. The van der Waals surface area contributed by atoms with Gasteiger partial charge in [-0.1, -0.05) is 0 Å². The third kappa shape index (κ3) is 3.88. The van der Waals surface area contributed by atoms with Crippen molar-refractivity contribution >= 4 is 17.4 Å². The summed E-state index contributed by atoms with van der Waals surface area (Å²) in [7, 11) is 3.50. The van der Waals surface area contributed by atoms with Crippen molar-refractivity contribution in [3.8, 4) is 0 Å². The van der Waals surface area contributed by atoms with Gasteiger partial charge in [-0.2, -0.15) is 0 Å². The van der Waals surface area contributed by atoms with Crippen LogP contribution in [0, 0.1) is 5.82 Å². The Kier molecular flexibility index (Phi) is 5.36. The van der Waals surface area contributed by atoms with Crippen molar-refractivity contribution in [1.82, 2.24) is 9.80 Å². The van der Waals surface area contributed by atoms with Crippen LogP contribution < -0.4 is 4.90 Å². The maximum atomic E-state index is 14.2. The second kappa shape index (κ2) is 7.08. The van der Waals surface area contributed by atoms with E-state index in [2.05, 4.69) is 4.90 Å². The molecule has 2 rings (SSSR count). The number of likely N-dealkylation sites (N-methyl/N-ethyl adjacent to an activating group) is 1. The summed E-state index contributed by atoms with van der Waals surface area (Å²) >= 11 is 0. The van der Waals surface area contributed by atoms with Crippen LogP contribution in [0.2, 0.25) is 0 Å². The maximum Gasteiger partial charge on any atom is 0.239 e. The lowest BCUT2D eigenvalue weighted by Crippen LogP contribution is -2.53. The van der Waals surface area contributed by atoms with E-state index < -0.39 is 0 Å². The summed E-state index contributed by atoms with van der Waals surface area (Å²) in [5.41, 5.74) is 0.899. The zero-order valence-corrected chi connectivity index (χ0v) is 14.2. The lowest BCUT2D eigenvalue weighted by Gasteiger charge is -2.39. The highest BCUT2D eigenvalue weighted by Gasteiger charge is 2.27. The van der Waals surface area contributed by atoms with Gasteiger partial charge in [0, 0.05) is 45.8 Å². The molecular weight excluding hydrogens is 297 g/mol. The van der Waals surface area contributed by atoms with Gasteiger partial charge < -0.3 is 9.80 Å². The molecule has 1 atom stereocenters. The number of hydrogen-bond donors (Lipinski definition) is 0. The Morgan fingerprint density at radius 1 is 1.17 bits per heavy atom. The van der Waals surface area contributed by atoms with Gasteiger partial charge in [-0.3, -0.25) is 14.5 Å². The molecule has 0 aromatic heterocycles. The molecule has 1 unspecified atom stereocenters. The molecule has 0 bridgehead atoms. The van der Waals surface area contributed by atoms with E-state index in [1.54, 1.807) is 31.1 Å². The molecule has 0 N–H and O–H groups in total. The smallest absolute Gasteiger partial charge is 0.239 e. The van der Waals surface area contributed by atoms with Crippen LogP contribution in [0.15, 0.2) is 18.2 Å². The summed E-state index contributed by atoms with van der Waals surface area (Å²) in [6.45, 7) is 6.04. The summed E-state index contributed by atoms with van der Waals surface area (Å²) in [5.74, 6) is -0.435. The van der Waals surface area contributed by atoms with E-state index in [9.17, 15) is 14.0 Å². The molecular formula is C17H24FN3O2. The lowest BCUT2D eigenvalue weighted by atomic mass is 10.1. The molecule has 1 amide bonds. The van der Waals surface area contributed by atoms with E-state index in [-0.39, 0.29) is 23.5 Å². The van der Waals surface area contributed by atoms with Crippen LogP contribution >= 0.6 is 0 Å². The number of benzene rings is 1. The summed E-state index contributed by atoms with van der Waals surface area (Å²) in [4.78, 5) is 29.0. The second-order valence-electron chi connectivity index (χ2n) is 6.15. The van der Waals surface area contributed by atoms with Gasteiger partial charge in [-0.05, 0) is 32.0 Å². The summed E-state index contributed by atoms with van der Waals surface area (Å²) < 4.78 is 14.2. The minimum absolute atomic E-state index is 0.0791. The third-order valence-corrected chi connectivity index (χ3v) is 4.36. The van der Waals surface area contributed by atoms with Crippen LogP contribution in [-0.4, -0.2) is 67.8 Å². The average molecular weight is 321 g/mol. The first-order valence-corrected chi connectivity index (χ1v) is 7.82. The van der Waals surface area contributed by atoms with E-state index in [1.807, 2.05) is 11.8 Å². The fraction of sp³-hybridized carbons (Fsp3) is 0.529. The minimum Gasteiger partial charge on any atom is -0.367 e. The van der Waals surface area contributed by atoms with Crippen LogP contribution in [0.1, 0.15) is 24.2 Å². The number of nitrogens with zero attached hydrogens (tertiary/aromatic N) is 3. The van der Waals surface area contributed by atoms with E-state index in [1.165, 1.54) is 13.0 Å². The quantitative estimate of drug-likeness (QED) is 0.791. The molecule has 23 heavy (non-hydrogen) atoms. The number of amides is 1. The first-order valence-electron chi connectivity index (χ1n) is 7.82. The van der Waals surface area contributed by atoms with Crippen LogP contribution in [0.25, 0.3) is 0 Å². The highest BCUT2D eigenvalue weighted by atomic mass is 19.1. The zero-order chi connectivity index (χ0) is 17.1. The Bertz CT molecular complexity index is 596. The van der Waals surface area contributed by atoms with Gasteiger partial charge in [0.25, 0.3) is 0 Å². The second-order valence-corrected chi connectivity index (χ2v) is 6.15. The summed E-state index contributed by atoms with van der Waals surface area (Å²) in [6, 6.07) is 4.45. The number of Topliss-reactive ketones (excluding diaryl/α,β-unsaturated/α-hetero) is 1. The van der Waals surface area contributed by atoms with Crippen molar-refractivity contribution in [2.45, 2.75) is 19.9 Å². The van der Waals surface area contributed by atoms with E-state index in [0.717, 1.165) is 0 Å². The van der Waals surface area contributed by atoms with Crippen molar-refractivity contribution < 1.29 is 14.0 Å². The maximum absolute atomic E-state index is 14.2. The summed E-state index contributed by atoms with van der Waals surface area (Å²) in [5, 5.41) is 0. The van der Waals surface area contributed by atoms with Crippen LogP contribution in [0.4, 0.5) is 10.1 Å². The average Bonchev–Trinajstić information content (AvgIpc) is 2.53. The predicted octanol–water partition coefficient (Wildman–Crippen LogP) is 1.63. The molecule has 1 aromatic carbocycles. The number of halogens is 1. The molecule has 1 aliphatic heterocycles. The van der Waals surface area contributed by atoms with E-state index in [4.69, 9.17) is 0 Å². The fourth-order valence-corrected chi connectivity index (χ4v) is 2.86. The largest absolute Gasteiger partial charge is 0.367 e. The molecule has 0 spiro atoms. The standard InChI is InChI=1S/C17H24FN3O2/c1-12(17(23)19(3)4)20-7-9-21(10-8-20)16-6-5-14(13(2)22)11-15(16)18/h5-6,11-12H,7-10H2,1-4H3.